The normalized spacial score (nSPS) is 30.6. The average Bonchev–Trinajstić information content (AvgIpc) is 2.19. The van der Waals surface area contributed by atoms with Crippen LogP contribution >= 0.6 is 0 Å². The summed E-state index contributed by atoms with van der Waals surface area (Å²) in [6, 6.07) is -0.593. The Morgan fingerprint density at radius 3 is 2.57 bits per heavy atom. The second kappa shape index (κ2) is 5.64. The van der Waals surface area contributed by atoms with Crippen LogP contribution in [0.1, 0.15) is 39.0 Å². The van der Waals surface area contributed by atoms with Crippen molar-refractivity contribution in [3.05, 3.63) is 0 Å². The molecule has 0 aromatic rings. The summed E-state index contributed by atoms with van der Waals surface area (Å²) in [5.41, 5.74) is 0. The molecule has 1 saturated carbocycles. The lowest BCUT2D eigenvalue weighted by Gasteiger charge is -2.33. The molecule has 84 valence electrons. The molecule has 0 saturated heterocycles. The van der Waals surface area contributed by atoms with Crippen molar-refractivity contribution >= 4 is 0 Å². The van der Waals surface area contributed by atoms with Gasteiger partial charge in [0, 0.05) is 0 Å². The van der Waals surface area contributed by atoms with Gasteiger partial charge in [0.15, 0.2) is 0 Å². The van der Waals surface area contributed by atoms with Crippen LogP contribution in [0.2, 0.25) is 0 Å². The van der Waals surface area contributed by atoms with E-state index in [9.17, 15) is 8.78 Å². The van der Waals surface area contributed by atoms with E-state index in [0.717, 1.165) is 25.7 Å². The lowest BCUT2D eigenvalue weighted by molar-refractivity contribution is 0.0531. The predicted octanol–water partition coefficient (Wildman–Crippen LogP) is 3.06. The summed E-state index contributed by atoms with van der Waals surface area (Å²) in [7, 11) is 1.65. The van der Waals surface area contributed by atoms with E-state index in [1.807, 2.05) is 0 Å². The van der Waals surface area contributed by atoms with Crippen molar-refractivity contribution < 1.29 is 8.78 Å². The van der Waals surface area contributed by atoms with Crippen molar-refractivity contribution in [2.45, 2.75) is 51.5 Å². The highest BCUT2D eigenvalue weighted by molar-refractivity contribution is 4.82. The molecule has 3 atom stereocenters. The van der Waals surface area contributed by atoms with Crippen LogP contribution in [0.5, 0.6) is 0 Å². The summed E-state index contributed by atoms with van der Waals surface area (Å²) < 4.78 is 25.3. The van der Waals surface area contributed by atoms with E-state index in [1.54, 1.807) is 7.05 Å². The van der Waals surface area contributed by atoms with Gasteiger partial charge in [-0.05, 0) is 31.7 Å². The van der Waals surface area contributed by atoms with Crippen molar-refractivity contribution in [3.8, 4) is 0 Å². The van der Waals surface area contributed by atoms with Gasteiger partial charge in [0.25, 0.3) is 6.43 Å². The van der Waals surface area contributed by atoms with Gasteiger partial charge < -0.3 is 5.32 Å². The largest absolute Gasteiger partial charge is 0.312 e. The van der Waals surface area contributed by atoms with Gasteiger partial charge >= 0.3 is 0 Å². The molecule has 0 spiro atoms. The molecule has 1 rings (SSSR count). The van der Waals surface area contributed by atoms with Gasteiger partial charge in [-0.15, -0.1) is 0 Å². The first-order chi connectivity index (χ1) is 6.69. The van der Waals surface area contributed by atoms with E-state index in [4.69, 9.17) is 0 Å². The molecular formula is C11H21F2N. The predicted molar refractivity (Wildman–Crippen MR) is 54.6 cm³/mol. The van der Waals surface area contributed by atoms with Crippen LogP contribution < -0.4 is 5.32 Å². The number of hydrogen-bond acceptors (Lipinski definition) is 1. The molecule has 0 aliphatic heterocycles. The summed E-state index contributed by atoms with van der Waals surface area (Å²) in [4.78, 5) is 0. The molecular weight excluding hydrogens is 184 g/mol. The van der Waals surface area contributed by atoms with Crippen molar-refractivity contribution in [1.82, 2.24) is 5.32 Å². The molecule has 14 heavy (non-hydrogen) atoms. The van der Waals surface area contributed by atoms with Gasteiger partial charge in [0.2, 0.25) is 0 Å². The van der Waals surface area contributed by atoms with E-state index in [0.29, 0.717) is 5.92 Å². The monoisotopic (exact) mass is 205 g/mol. The third-order valence-electron chi connectivity index (χ3n) is 3.51. The second-order valence-corrected chi connectivity index (χ2v) is 4.35. The Kier molecular flexibility index (Phi) is 4.79. The van der Waals surface area contributed by atoms with Gasteiger partial charge in [-0.2, -0.15) is 0 Å². The summed E-state index contributed by atoms with van der Waals surface area (Å²) >= 11 is 0. The maximum Gasteiger partial charge on any atom is 0.253 e. The Morgan fingerprint density at radius 1 is 1.36 bits per heavy atom. The molecule has 0 radical (unpaired) electrons. The third kappa shape index (κ3) is 2.91. The Morgan fingerprint density at radius 2 is 2.07 bits per heavy atom. The SMILES string of the molecule is CCC1CCCC(C(NC)C(F)F)C1. The maximum atomic E-state index is 12.7. The number of nitrogens with one attached hydrogen (secondary N) is 1. The average molecular weight is 205 g/mol. The highest BCUT2D eigenvalue weighted by Gasteiger charge is 2.31. The van der Waals surface area contributed by atoms with Crippen molar-refractivity contribution in [2.24, 2.45) is 11.8 Å². The van der Waals surface area contributed by atoms with E-state index in [-0.39, 0.29) is 5.92 Å². The first-order valence-corrected chi connectivity index (χ1v) is 5.64. The van der Waals surface area contributed by atoms with Gasteiger partial charge in [0.1, 0.15) is 0 Å². The molecule has 1 aliphatic rings. The third-order valence-corrected chi connectivity index (χ3v) is 3.51. The fourth-order valence-corrected chi connectivity index (χ4v) is 2.60. The van der Waals surface area contributed by atoms with Crippen molar-refractivity contribution in [1.29, 1.82) is 0 Å². The molecule has 0 aromatic carbocycles. The van der Waals surface area contributed by atoms with Gasteiger partial charge in [-0.3, -0.25) is 0 Å². The minimum absolute atomic E-state index is 0.179. The smallest absolute Gasteiger partial charge is 0.253 e. The first kappa shape index (κ1) is 11.9. The Balaban J connectivity index is 2.48. The van der Waals surface area contributed by atoms with Gasteiger partial charge in [-0.1, -0.05) is 26.2 Å². The highest BCUT2D eigenvalue weighted by Crippen LogP contribution is 2.34. The van der Waals surface area contributed by atoms with E-state index in [1.165, 1.54) is 6.42 Å². The molecule has 0 heterocycles. The lowest BCUT2D eigenvalue weighted by atomic mass is 9.77. The molecule has 3 heteroatoms. The molecule has 1 aliphatic carbocycles. The number of halogens is 2. The fraction of sp³-hybridized carbons (Fsp3) is 1.00. The fourth-order valence-electron chi connectivity index (χ4n) is 2.60. The minimum Gasteiger partial charge on any atom is -0.312 e. The summed E-state index contributed by atoms with van der Waals surface area (Å²) in [6.07, 6.45) is 3.20. The molecule has 1 fully saturated rings. The molecule has 0 amide bonds. The molecule has 0 aromatic heterocycles. The molecule has 0 bridgehead atoms. The highest BCUT2D eigenvalue weighted by atomic mass is 19.3. The molecule has 3 unspecified atom stereocenters. The maximum absolute atomic E-state index is 12.7. The summed E-state index contributed by atoms with van der Waals surface area (Å²) in [5, 5.41) is 2.77. The zero-order valence-corrected chi connectivity index (χ0v) is 9.10. The number of hydrogen-bond donors (Lipinski definition) is 1. The van der Waals surface area contributed by atoms with E-state index < -0.39 is 12.5 Å². The van der Waals surface area contributed by atoms with E-state index >= 15 is 0 Å². The van der Waals surface area contributed by atoms with Crippen LogP contribution in [-0.2, 0) is 0 Å². The molecule has 1 N–H and O–H groups in total. The first-order valence-electron chi connectivity index (χ1n) is 5.64. The topological polar surface area (TPSA) is 12.0 Å². The van der Waals surface area contributed by atoms with Crippen LogP contribution in [0.15, 0.2) is 0 Å². The van der Waals surface area contributed by atoms with Gasteiger partial charge in [-0.25, -0.2) is 8.78 Å². The quantitative estimate of drug-likeness (QED) is 0.743. The standard InChI is InChI=1S/C11H21F2N/c1-3-8-5-4-6-9(7-8)10(14-2)11(12)13/h8-11,14H,3-7H2,1-2H3. The van der Waals surface area contributed by atoms with Crippen LogP contribution in [0.3, 0.4) is 0 Å². The zero-order chi connectivity index (χ0) is 10.6. The lowest BCUT2D eigenvalue weighted by Crippen LogP contribution is -2.41. The van der Waals surface area contributed by atoms with Crippen molar-refractivity contribution in [3.63, 3.8) is 0 Å². The Bertz CT molecular complexity index is 161. The Hall–Kier alpha value is -0.180. The summed E-state index contributed by atoms with van der Waals surface area (Å²) in [5.74, 6) is 0.849. The van der Waals surface area contributed by atoms with Crippen LogP contribution in [0.4, 0.5) is 8.78 Å². The number of alkyl halides is 2. The Labute approximate surface area is 85.3 Å². The zero-order valence-electron chi connectivity index (χ0n) is 9.10. The van der Waals surface area contributed by atoms with Crippen LogP contribution in [0.25, 0.3) is 0 Å². The van der Waals surface area contributed by atoms with E-state index in [2.05, 4.69) is 12.2 Å². The van der Waals surface area contributed by atoms with Crippen LogP contribution in [0, 0.1) is 11.8 Å². The number of rotatable bonds is 4. The summed E-state index contributed by atoms with van der Waals surface area (Å²) in [6.45, 7) is 2.16. The van der Waals surface area contributed by atoms with Crippen LogP contribution in [-0.4, -0.2) is 19.5 Å². The minimum atomic E-state index is -2.22. The molecule has 1 nitrogen and oxygen atoms in total. The van der Waals surface area contributed by atoms with Gasteiger partial charge in [0.05, 0.1) is 6.04 Å². The second-order valence-electron chi connectivity index (χ2n) is 4.35. The van der Waals surface area contributed by atoms with Crippen molar-refractivity contribution in [2.75, 3.05) is 7.05 Å².